The van der Waals surface area contributed by atoms with E-state index in [9.17, 15) is 9.59 Å². The van der Waals surface area contributed by atoms with Crippen LogP contribution in [-0.4, -0.2) is 39.3 Å². The molecular formula is C13H25I2N2O4-. The molecule has 0 saturated carbocycles. The summed E-state index contributed by atoms with van der Waals surface area (Å²) in [7, 11) is 1.69. The Bertz CT molecular complexity index is 349. The van der Waals surface area contributed by atoms with E-state index in [1.165, 1.54) is 0 Å². The molecule has 0 aliphatic rings. The van der Waals surface area contributed by atoms with Crippen LogP contribution in [0.2, 0.25) is 0 Å². The molecule has 0 heterocycles. The summed E-state index contributed by atoms with van der Waals surface area (Å²) in [6, 6.07) is 0. The first-order chi connectivity index (χ1) is 9.58. The third-order valence-corrected chi connectivity index (χ3v) is 5.88. The molecule has 0 fully saturated rings. The second kappa shape index (κ2) is 10.2. The molecule has 0 spiro atoms. The number of carbonyl (C=O) groups is 2. The van der Waals surface area contributed by atoms with Gasteiger partial charge >= 0.3 is 152 Å². The standard InChI is InChI=1S/C13H25I2N2O4/c1-12(2,20-5)7-9-21-13(3,4)6-8-16-11(19)15-17-10(14)18/h6-9H2,1-5H3,(H,16,19)(H,17,18)/q-1. The quantitative estimate of drug-likeness (QED) is 0.180. The van der Waals surface area contributed by atoms with E-state index in [-0.39, 0.29) is 19.0 Å². The second-order valence-corrected chi connectivity index (χ2v) is 8.77. The predicted octanol–water partition coefficient (Wildman–Crippen LogP) is -0.155. The maximum absolute atomic E-state index is 11.5. The molecule has 0 rings (SSSR count). The van der Waals surface area contributed by atoms with Crippen LogP contribution in [0.3, 0.4) is 0 Å². The summed E-state index contributed by atoms with van der Waals surface area (Å²) in [6.45, 7) is 9.19. The summed E-state index contributed by atoms with van der Waals surface area (Å²) in [6.07, 6.45) is 1.53. The maximum atomic E-state index is 11.5. The average molecular weight is 527 g/mol. The molecule has 0 aromatic heterocycles. The van der Waals surface area contributed by atoms with Crippen LogP contribution in [0.25, 0.3) is 0 Å². The summed E-state index contributed by atoms with van der Waals surface area (Å²) < 4.78 is 13.5. The fourth-order valence-electron chi connectivity index (χ4n) is 1.32. The minimum absolute atomic E-state index is 0.0878. The van der Waals surface area contributed by atoms with Gasteiger partial charge in [0, 0.05) is 0 Å². The van der Waals surface area contributed by atoms with Gasteiger partial charge in [0.05, 0.1) is 0 Å². The van der Waals surface area contributed by atoms with Crippen molar-refractivity contribution >= 4 is 30.4 Å². The van der Waals surface area contributed by atoms with Gasteiger partial charge in [-0.05, 0) is 0 Å². The summed E-state index contributed by atoms with van der Waals surface area (Å²) >= 11 is 0.647. The van der Waals surface area contributed by atoms with Crippen molar-refractivity contribution in [3.05, 3.63) is 0 Å². The van der Waals surface area contributed by atoms with Crippen LogP contribution in [-0.2, 0) is 9.47 Å². The molecule has 0 radical (unpaired) electrons. The zero-order valence-corrected chi connectivity index (χ0v) is 17.5. The first-order valence-corrected chi connectivity index (χ1v) is 9.88. The first kappa shape index (κ1) is 21.3. The van der Waals surface area contributed by atoms with Crippen LogP contribution < -0.4 is 30.3 Å². The number of rotatable bonds is 10. The van der Waals surface area contributed by atoms with E-state index < -0.39 is 21.5 Å². The Morgan fingerprint density at radius 1 is 1.14 bits per heavy atom. The van der Waals surface area contributed by atoms with E-state index in [4.69, 9.17) is 9.47 Å². The van der Waals surface area contributed by atoms with Gasteiger partial charge in [-0.15, -0.1) is 0 Å². The molecule has 8 heteroatoms. The van der Waals surface area contributed by atoms with Gasteiger partial charge in [0.2, 0.25) is 0 Å². The van der Waals surface area contributed by atoms with Gasteiger partial charge < -0.3 is 0 Å². The van der Waals surface area contributed by atoms with Crippen LogP contribution in [0, 0.1) is 0 Å². The van der Waals surface area contributed by atoms with Crippen molar-refractivity contribution in [1.82, 2.24) is 8.85 Å². The SMILES string of the molecule is COC(C)(C)CCOC(C)(C)CCNC(=O)[I-]NC(=O)I. The van der Waals surface area contributed by atoms with Crippen molar-refractivity contribution < 1.29 is 40.5 Å². The van der Waals surface area contributed by atoms with E-state index in [1.54, 1.807) is 29.7 Å². The fraction of sp³-hybridized carbons (Fsp3) is 0.846. The number of amides is 2. The molecule has 0 saturated heterocycles. The van der Waals surface area contributed by atoms with Crippen molar-refractivity contribution in [2.24, 2.45) is 0 Å². The van der Waals surface area contributed by atoms with Crippen LogP contribution >= 0.6 is 22.6 Å². The summed E-state index contributed by atoms with van der Waals surface area (Å²) in [5.41, 5.74) is -0.492. The van der Waals surface area contributed by atoms with Crippen molar-refractivity contribution in [3.8, 4) is 0 Å². The third kappa shape index (κ3) is 12.5. The van der Waals surface area contributed by atoms with Crippen molar-refractivity contribution in [2.45, 2.75) is 51.7 Å². The molecule has 2 amide bonds. The van der Waals surface area contributed by atoms with Crippen molar-refractivity contribution in [1.29, 1.82) is 0 Å². The van der Waals surface area contributed by atoms with E-state index in [1.807, 2.05) is 27.7 Å². The molecule has 0 aromatic carbocycles. The fourth-order valence-corrected chi connectivity index (χ4v) is 2.92. The van der Waals surface area contributed by atoms with Gasteiger partial charge in [0.25, 0.3) is 0 Å². The van der Waals surface area contributed by atoms with Crippen molar-refractivity contribution in [2.75, 3.05) is 20.3 Å². The van der Waals surface area contributed by atoms with Gasteiger partial charge in [-0.25, -0.2) is 0 Å². The number of halogens is 2. The Morgan fingerprint density at radius 3 is 2.29 bits per heavy atom. The Kier molecular flexibility index (Phi) is 10.3. The van der Waals surface area contributed by atoms with E-state index in [2.05, 4.69) is 8.85 Å². The monoisotopic (exact) mass is 527 g/mol. The second-order valence-electron chi connectivity index (χ2n) is 5.74. The minimum atomic E-state index is -0.972. The number of ether oxygens (including phenoxy) is 2. The van der Waals surface area contributed by atoms with Crippen LogP contribution in [0.1, 0.15) is 40.5 Å². The molecule has 0 atom stereocenters. The molecule has 2 N–H and O–H groups in total. The molecule has 0 unspecified atom stereocenters. The summed E-state index contributed by atoms with van der Waals surface area (Å²) in [5, 5.41) is 2.80. The van der Waals surface area contributed by atoms with E-state index >= 15 is 0 Å². The molecule has 0 aliphatic heterocycles. The summed E-state index contributed by atoms with van der Waals surface area (Å²) in [4.78, 5) is 22.2. The number of nitrogens with one attached hydrogen (secondary N) is 2. The topological polar surface area (TPSA) is 76.7 Å². The van der Waals surface area contributed by atoms with Gasteiger partial charge in [-0.1, -0.05) is 0 Å². The zero-order chi connectivity index (χ0) is 16.5. The van der Waals surface area contributed by atoms with Gasteiger partial charge in [0.1, 0.15) is 0 Å². The Morgan fingerprint density at radius 2 is 1.76 bits per heavy atom. The first-order valence-electron chi connectivity index (χ1n) is 6.64. The molecule has 0 bridgehead atoms. The Balaban J connectivity index is 3.87. The number of methoxy groups -OCH3 is 1. The number of carbonyl (C=O) groups excluding carboxylic acids is 2. The number of hydrogen-bond acceptors (Lipinski definition) is 4. The summed E-state index contributed by atoms with van der Waals surface area (Å²) in [5.74, 6) is 0. The predicted molar refractivity (Wildman–Crippen MR) is 86.3 cm³/mol. The van der Waals surface area contributed by atoms with Crippen molar-refractivity contribution in [3.63, 3.8) is 0 Å². The average Bonchev–Trinajstić information content (AvgIpc) is 2.35. The van der Waals surface area contributed by atoms with Gasteiger partial charge in [-0.2, -0.15) is 0 Å². The number of hydrogen-bond donors (Lipinski definition) is 2. The van der Waals surface area contributed by atoms with Crippen LogP contribution in [0.5, 0.6) is 0 Å². The molecule has 126 valence electrons. The Labute approximate surface area is 151 Å². The molecule has 0 aromatic rings. The third-order valence-electron chi connectivity index (χ3n) is 2.95. The normalized spacial score (nSPS) is 12.3. The zero-order valence-electron chi connectivity index (χ0n) is 13.2. The van der Waals surface area contributed by atoms with E-state index in [0.29, 0.717) is 19.6 Å². The molecule has 0 aliphatic carbocycles. The molecule has 6 nitrogen and oxygen atoms in total. The molecule has 21 heavy (non-hydrogen) atoms. The van der Waals surface area contributed by atoms with Gasteiger partial charge in [0.15, 0.2) is 0 Å². The van der Waals surface area contributed by atoms with Crippen LogP contribution in [0.15, 0.2) is 0 Å². The van der Waals surface area contributed by atoms with E-state index in [0.717, 1.165) is 6.42 Å². The van der Waals surface area contributed by atoms with Crippen LogP contribution in [0.4, 0.5) is 9.59 Å². The van der Waals surface area contributed by atoms with Gasteiger partial charge in [-0.3, -0.25) is 0 Å². The Hall–Kier alpha value is 0.320. The molecular weight excluding hydrogens is 502 g/mol.